The van der Waals surface area contributed by atoms with E-state index in [1.165, 1.54) is 0 Å². The lowest BCUT2D eigenvalue weighted by molar-refractivity contribution is 0.238. The lowest BCUT2D eigenvalue weighted by Crippen LogP contribution is -2.38. The van der Waals surface area contributed by atoms with Gasteiger partial charge in [0.2, 0.25) is 0 Å². The van der Waals surface area contributed by atoms with Crippen LogP contribution >= 0.6 is 0 Å². The topological polar surface area (TPSA) is 71.8 Å². The zero-order chi connectivity index (χ0) is 20.8. The summed E-state index contributed by atoms with van der Waals surface area (Å²) in [7, 11) is 1.87. The molecule has 0 fully saturated rings. The first kappa shape index (κ1) is 19.4. The lowest BCUT2D eigenvalue weighted by atomic mass is 9.99. The number of hydrogen-bond donors (Lipinski definition) is 2. The number of benzene rings is 2. The Morgan fingerprint density at radius 1 is 0.967 bits per heavy atom. The number of rotatable bonds is 6. The van der Waals surface area contributed by atoms with Crippen LogP contribution in [0.15, 0.2) is 91.4 Å². The van der Waals surface area contributed by atoms with Crippen molar-refractivity contribution in [2.24, 2.45) is 7.05 Å². The summed E-state index contributed by atoms with van der Waals surface area (Å²) in [6, 6.07) is 23.2. The van der Waals surface area contributed by atoms with Crippen LogP contribution in [-0.4, -0.2) is 20.8 Å². The van der Waals surface area contributed by atoms with E-state index in [1.807, 2.05) is 86.0 Å². The number of carbonyl (C=O) groups excluding carboxylic acids is 1. The zero-order valence-corrected chi connectivity index (χ0v) is 16.7. The quantitative estimate of drug-likeness (QED) is 0.515. The summed E-state index contributed by atoms with van der Waals surface area (Å²) in [5.74, 6) is 0. The molecule has 0 atom stereocenters. The molecule has 0 spiro atoms. The molecule has 2 aromatic heterocycles. The maximum atomic E-state index is 12.8. The van der Waals surface area contributed by atoms with E-state index in [2.05, 4.69) is 20.7 Å². The highest BCUT2D eigenvalue weighted by molar-refractivity contribution is 5.75. The molecule has 4 aromatic rings. The Hall–Kier alpha value is -3.93. The SMILES string of the molecule is Cn1cc(-c2ncccc2CNC(=O)NC(c2ccccc2)c2ccccc2)cn1. The molecule has 0 aliphatic heterocycles. The molecular weight excluding hydrogens is 374 g/mol. The van der Waals surface area contributed by atoms with Crippen LogP contribution < -0.4 is 10.6 Å². The third kappa shape index (κ3) is 4.55. The number of amides is 2. The fourth-order valence-corrected chi connectivity index (χ4v) is 3.39. The van der Waals surface area contributed by atoms with Crippen molar-refractivity contribution in [3.63, 3.8) is 0 Å². The maximum Gasteiger partial charge on any atom is 0.315 e. The largest absolute Gasteiger partial charge is 0.334 e. The number of aromatic nitrogens is 3. The van der Waals surface area contributed by atoms with Crippen LogP contribution in [-0.2, 0) is 13.6 Å². The van der Waals surface area contributed by atoms with Gasteiger partial charge in [0.25, 0.3) is 0 Å². The Balaban J connectivity index is 1.49. The van der Waals surface area contributed by atoms with Gasteiger partial charge in [0.1, 0.15) is 0 Å². The number of aryl methyl sites for hydroxylation is 1. The molecule has 0 unspecified atom stereocenters. The molecule has 4 rings (SSSR count). The van der Waals surface area contributed by atoms with Gasteiger partial charge in [-0.3, -0.25) is 9.67 Å². The van der Waals surface area contributed by atoms with Gasteiger partial charge in [-0.15, -0.1) is 0 Å². The van der Waals surface area contributed by atoms with Crippen molar-refractivity contribution in [2.75, 3.05) is 0 Å². The van der Waals surface area contributed by atoms with Gasteiger partial charge in [-0.05, 0) is 22.8 Å². The number of carbonyl (C=O) groups is 1. The van der Waals surface area contributed by atoms with Gasteiger partial charge in [0.15, 0.2) is 0 Å². The van der Waals surface area contributed by atoms with Crippen molar-refractivity contribution < 1.29 is 4.79 Å². The van der Waals surface area contributed by atoms with Crippen LogP contribution in [0.1, 0.15) is 22.7 Å². The van der Waals surface area contributed by atoms with Gasteiger partial charge in [-0.1, -0.05) is 66.7 Å². The second-order valence-electron chi connectivity index (χ2n) is 7.00. The highest BCUT2D eigenvalue weighted by atomic mass is 16.2. The Kier molecular flexibility index (Phi) is 5.85. The summed E-state index contributed by atoms with van der Waals surface area (Å²) >= 11 is 0. The van der Waals surface area contributed by atoms with Crippen LogP contribution in [0.2, 0.25) is 0 Å². The van der Waals surface area contributed by atoms with Crippen LogP contribution in [0.3, 0.4) is 0 Å². The summed E-state index contributed by atoms with van der Waals surface area (Å²) in [6.07, 6.45) is 5.42. The molecule has 2 amide bonds. The Morgan fingerprint density at radius 2 is 1.63 bits per heavy atom. The van der Waals surface area contributed by atoms with Crippen molar-refractivity contribution in [1.29, 1.82) is 0 Å². The molecule has 0 aliphatic rings. The minimum atomic E-state index is -0.242. The molecule has 6 nitrogen and oxygen atoms in total. The number of urea groups is 1. The standard InChI is InChI=1S/C24H23N5O/c1-29-17-21(16-27-29)22-20(13-8-14-25-22)15-26-24(30)28-23(18-9-4-2-5-10-18)19-11-6-3-7-12-19/h2-14,16-17,23H,15H2,1H3,(H2,26,28,30). The molecule has 0 aliphatic carbocycles. The highest BCUT2D eigenvalue weighted by Gasteiger charge is 2.17. The first-order chi connectivity index (χ1) is 14.7. The van der Waals surface area contributed by atoms with Crippen LogP contribution in [0.4, 0.5) is 4.79 Å². The van der Waals surface area contributed by atoms with Gasteiger partial charge in [0, 0.05) is 31.5 Å². The Labute approximate surface area is 175 Å². The molecule has 0 radical (unpaired) electrons. The van der Waals surface area contributed by atoms with E-state index >= 15 is 0 Å². The molecule has 2 N–H and O–H groups in total. The Morgan fingerprint density at radius 3 is 2.23 bits per heavy atom. The van der Waals surface area contributed by atoms with Crippen LogP contribution in [0.25, 0.3) is 11.3 Å². The van der Waals surface area contributed by atoms with E-state index in [0.717, 1.165) is 27.9 Å². The summed E-state index contributed by atoms with van der Waals surface area (Å²) in [5, 5.41) is 10.3. The number of pyridine rings is 1. The number of hydrogen-bond acceptors (Lipinski definition) is 3. The molecule has 150 valence electrons. The first-order valence-corrected chi connectivity index (χ1v) is 9.78. The maximum absolute atomic E-state index is 12.8. The molecule has 2 heterocycles. The summed E-state index contributed by atoms with van der Waals surface area (Å²) in [5.41, 5.74) is 4.71. The second kappa shape index (κ2) is 9.05. The van der Waals surface area contributed by atoms with E-state index in [0.29, 0.717) is 6.54 Å². The predicted molar refractivity (Wildman–Crippen MR) is 117 cm³/mol. The molecule has 0 saturated heterocycles. The van der Waals surface area contributed by atoms with E-state index in [4.69, 9.17) is 0 Å². The van der Waals surface area contributed by atoms with Gasteiger partial charge in [0.05, 0.1) is 17.9 Å². The van der Waals surface area contributed by atoms with E-state index < -0.39 is 0 Å². The summed E-state index contributed by atoms with van der Waals surface area (Å²) < 4.78 is 1.73. The van der Waals surface area contributed by atoms with Crippen molar-refractivity contribution in [2.45, 2.75) is 12.6 Å². The molecule has 0 saturated carbocycles. The fourth-order valence-electron chi connectivity index (χ4n) is 3.39. The minimum absolute atomic E-state index is 0.237. The van der Waals surface area contributed by atoms with Crippen molar-refractivity contribution >= 4 is 6.03 Å². The van der Waals surface area contributed by atoms with Gasteiger partial charge in [-0.2, -0.15) is 5.10 Å². The Bertz CT molecular complexity index is 1070. The van der Waals surface area contributed by atoms with Crippen molar-refractivity contribution in [3.05, 3.63) is 108 Å². The van der Waals surface area contributed by atoms with Gasteiger partial charge < -0.3 is 10.6 Å². The average molecular weight is 397 g/mol. The lowest BCUT2D eigenvalue weighted by Gasteiger charge is -2.20. The summed E-state index contributed by atoms with van der Waals surface area (Å²) in [4.78, 5) is 17.2. The second-order valence-corrected chi connectivity index (χ2v) is 7.00. The fraction of sp³-hybridized carbons (Fsp3) is 0.125. The predicted octanol–water partition coefficient (Wildman–Crippen LogP) is 4.07. The van der Waals surface area contributed by atoms with Gasteiger partial charge >= 0.3 is 6.03 Å². The van der Waals surface area contributed by atoms with E-state index in [1.54, 1.807) is 17.1 Å². The average Bonchev–Trinajstić information content (AvgIpc) is 3.23. The normalized spacial score (nSPS) is 10.7. The monoisotopic (exact) mass is 397 g/mol. The smallest absolute Gasteiger partial charge is 0.315 e. The molecule has 6 heteroatoms. The van der Waals surface area contributed by atoms with Crippen LogP contribution in [0, 0.1) is 0 Å². The third-order valence-electron chi connectivity index (χ3n) is 4.85. The molecule has 2 aromatic carbocycles. The zero-order valence-electron chi connectivity index (χ0n) is 16.7. The highest BCUT2D eigenvalue weighted by Crippen LogP contribution is 2.22. The number of nitrogens with one attached hydrogen (secondary N) is 2. The van der Waals surface area contributed by atoms with Crippen molar-refractivity contribution in [3.8, 4) is 11.3 Å². The molecule has 30 heavy (non-hydrogen) atoms. The molecular formula is C24H23N5O. The van der Waals surface area contributed by atoms with Crippen LogP contribution in [0.5, 0.6) is 0 Å². The van der Waals surface area contributed by atoms with E-state index in [9.17, 15) is 4.79 Å². The van der Waals surface area contributed by atoms with Crippen molar-refractivity contribution in [1.82, 2.24) is 25.4 Å². The van der Waals surface area contributed by atoms with Gasteiger partial charge in [-0.25, -0.2) is 4.79 Å². The third-order valence-corrected chi connectivity index (χ3v) is 4.85. The molecule has 0 bridgehead atoms. The van der Waals surface area contributed by atoms with E-state index in [-0.39, 0.29) is 12.1 Å². The summed E-state index contributed by atoms with van der Waals surface area (Å²) in [6.45, 7) is 0.361. The number of nitrogens with zero attached hydrogens (tertiary/aromatic N) is 3. The minimum Gasteiger partial charge on any atom is -0.334 e. The first-order valence-electron chi connectivity index (χ1n) is 9.78.